The van der Waals surface area contributed by atoms with Crippen LogP contribution in [0.15, 0.2) is 54.6 Å². The van der Waals surface area contributed by atoms with Crippen molar-refractivity contribution < 1.29 is 23.8 Å². The molecule has 2 aromatic rings. The molecule has 2 aliphatic rings. The summed E-state index contributed by atoms with van der Waals surface area (Å²) in [7, 11) is 0. The maximum absolute atomic E-state index is 12.5. The average molecular weight is 353 g/mol. The lowest BCUT2D eigenvalue weighted by Gasteiger charge is -2.33. The van der Waals surface area contributed by atoms with Gasteiger partial charge >= 0.3 is 0 Å². The number of ether oxygens (including phenoxy) is 3. The molecule has 0 spiro atoms. The van der Waals surface area contributed by atoms with Crippen molar-refractivity contribution in [1.29, 1.82) is 0 Å². The van der Waals surface area contributed by atoms with E-state index in [9.17, 15) is 9.59 Å². The fourth-order valence-electron chi connectivity index (χ4n) is 3.17. The summed E-state index contributed by atoms with van der Waals surface area (Å²) in [4.78, 5) is 26.2. The highest BCUT2D eigenvalue weighted by Crippen LogP contribution is 2.26. The lowest BCUT2D eigenvalue weighted by molar-refractivity contribution is -0.219. The van der Waals surface area contributed by atoms with E-state index < -0.39 is 12.3 Å². The zero-order chi connectivity index (χ0) is 17.9. The quantitative estimate of drug-likeness (QED) is 0.772. The normalized spacial score (nSPS) is 22.5. The minimum absolute atomic E-state index is 0.241. The Labute approximate surface area is 151 Å². The molecule has 0 atom stereocenters. The van der Waals surface area contributed by atoms with Gasteiger partial charge in [-0.15, -0.1) is 0 Å². The fraction of sp³-hybridized carbons (Fsp3) is 0.300. The number of rotatable bonds is 5. The van der Waals surface area contributed by atoms with E-state index in [1.807, 2.05) is 30.3 Å². The first-order valence-electron chi connectivity index (χ1n) is 8.56. The Bertz CT molecular complexity index is 764. The number of imide groups is 1. The van der Waals surface area contributed by atoms with E-state index >= 15 is 0 Å². The molecule has 0 N–H and O–H groups in total. The molecule has 0 aromatic heterocycles. The van der Waals surface area contributed by atoms with Gasteiger partial charge in [-0.3, -0.25) is 14.5 Å². The Hall–Kier alpha value is -2.54. The van der Waals surface area contributed by atoms with Gasteiger partial charge in [0.2, 0.25) is 0 Å². The van der Waals surface area contributed by atoms with Crippen molar-refractivity contribution in [1.82, 2.24) is 4.90 Å². The Morgan fingerprint density at radius 3 is 2.08 bits per heavy atom. The van der Waals surface area contributed by atoms with Gasteiger partial charge in [0.1, 0.15) is 0 Å². The third kappa shape index (κ3) is 3.26. The number of amides is 2. The lowest BCUT2D eigenvalue weighted by Crippen LogP contribution is -2.50. The molecular weight excluding hydrogens is 334 g/mol. The third-order valence-corrected chi connectivity index (χ3v) is 4.51. The Balaban J connectivity index is 1.29. The largest absolute Gasteiger partial charge is 0.371 e. The number of fused-ring (bicyclic) bond motifs is 1. The van der Waals surface area contributed by atoms with Gasteiger partial charge in [-0.2, -0.15) is 0 Å². The monoisotopic (exact) mass is 353 g/mol. The van der Waals surface area contributed by atoms with Crippen LogP contribution in [0.25, 0.3) is 0 Å². The summed E-state index contributed by atoms with van der Waals surface area (Å²) in [5, 5.41) is 0. The molecule has 2 aliphatic heterocycles. The molecule has 0 radical (unpaired) electrons. The van der Waals surface area contributed by atoms with Crippen LogP contribution < -0.4 is 0 Å². The topological polar surface area (TPSA) is 65.1 Å². The van der Waals surface area contributed by atoms with Crippen LogP contribution in [-0.4, -0.2) is 48.9 Å². The summed E-state index contributed by atoms with van der Waals surface area (Å²) >= 11 is 0. The van der Waals surface area contributed by atoms with Crippen molar-refractivity contribution >= 4 is 11.8 Å². The first kappa shape index (κ1) is 16.9. The molecule has 134 valence electrons. The van der Waals surface area contributed by atoms with Gasteiger partial charge in [-0.25, -0.2) is 0 Å². The van der Waals surface area contributed by atoms with Crippen LogP contribution in [0, 0.1) is 0 Å². The first-order valence-corrected chi connectivity index (χ1v) is 8.56. The molecular formula is C20H19NO5. The van der Waals surface area contributed by atoms with Crippen molar-refractivity contribution in [3.05, 3.63) is 71.3 Å². The number of benzene rings is 2. The van der Waals surface area contributed by atoms with E-state index in [1.165, 1.54) is 4.90 Å². The van der Waals surface area contributed by atoms with Crippen molar-refractivity contribution in [2.75, 3.05) is 19.8 Å². The van der Waals surface area contributed by atoms with E-state index in [1.54, 1.807) is 24.3 Å². The molecule has 26 heavy (non-hydrogen) atoms. The number of carbonyl (C=O) groups is 2. The Kier molecular flexibility index (Phi) is 4.79. The zero-order valence-corrected chi connectivity index (χ0v) is 14.2. The predicted octanol–water partition coefficient (Wildman–Crippen LogP) is 2.24. The summed E-state index contributed by atoms with van der Waals surface area (Å²) in [6.07, 6.45) is -0.495. The van der Waals surface area contributed by atoms with E-state index in [0.29, 0.717) is 24.3 Å². The molecule has 6 nitrogen and oxygen atoms in total. The predicted molar refractivity (Wildman–Crippen MR) is 92.5 cm³/mol. The van der Waals surface area contributed by atoms with Gasteiger partial charge in [0.15, 0.2) is 6.29 Å². The van der Waals surface area contributed by atoms with Gasteiger partial charge in [0.05, 0.1) is 43.6 Å². The van der Waals surface area contributed by atoms with Crippen LogP contribution in [0.3, 0.4) is 0 Å². The van der Waals surface area contributed by atoms with Crippen LogP contribution >= 0.6 is 0 Å². The summed E-state index contributed by atoms with van der Waals surface area (Å²) in [6.45, 7) is 1.26. The van der Waals surface area contributed by atoms with Crippen LogP contribution in [0.2, 0.25) is 0 Å². The maximum Gasteiger partial charge on any atom is 0.261 e. The Morgan fingerprint density at radius 1 is 0.885 bits per heavy atom. The second kappa shape index (κ2) is 7.37. The molecule has 2 aromatic carbocycles. The van der Waals surface area contributed by atoms with E-state index in [2.05, 4.69) is 0 Å². The maximum atomic E-state index is 12.5. The van der Waals surface area contributed by atoms with Gasteiger partial charge in [-0.1, -0.05) is 42.5 Å². The second-order valence-electron chi connectivity index (χ2n) is 6.28. The molecule has 0 bridgehead atoms. The molecule has 2 heterocycles. The smallest absolute Gasteiger partial charge is 0.261 e. The highest BCUT2D eigenvalue weighted by Gasteiger charge is 2.41. The molecule has 0 unspecified atom stereocenters. The molecule has 6 heteroatoms. The Morgan fingerprint density at radius 2 is 1.46 bits per heavy atom. The molecule has 0 saturated carbocycles. The minimum Gasteiger partial charge on any atom is -0.371 e. The number of carbonyl (C=O) groups excluding carboxylic acids is 2. The SMILES string of the molecule is O=C1c2ccccc2C(=O)N1C1COC(COCc2ccccc2)OC1. The van der Waals surface area contributed by atoms with Crippen molar-refractivity contribution in [3.8, 4) is 0 Å². The molecule has 0 aliphatic carbocycles. The molecule has 4 rings (SSSR count). The van der Waals surface area contributed by atoms with Crippen molar-refractivity contribution in [3.63, 3.8) is 0 Å². The summed E-state index contributed by atoms with van der Waals surface area (Å²) in [5.41, 5.74) is 1.95. The fourth-order valence-corrected chi connectivity index (χ4v) is 3.17. The third-order valence-electron chi connectivity index (χ3n) is 4.51. The van der Waals surface area contributed by atoms with Gasteiger partial charge in [0, 0.05) is 0 Å². The van der Waals surface area contributed by atoms with Gasteiger partial charge in [0.25, 0.3) is 11.8 Å². The summed E-state index contributed by atoms with van der Waals surface area (Å²) in [5.74, 6) is -0.580. The second-order valence-corrected chi connectivity index (χ2v) is 6.28. The summed E-state index contributed by atoms with van der Waals surface area (Å²) < 4.78 is 16.9. The van der Waals surface area contributed by atoms with Crippen molar-refractivity contribution in [2.24, 2.45) is 0 Å². The van der Waals surface area contributed by atoms with Crippen LogP contribution in [0.1, 0.15) is 26.3 Å². The van der Waals surface area contributed by atoms with Crippen molar-refractivity contribution in [2.45, 2.75) is 18.9 Å². The number of hydrogen-bond donors (Lipinski definition) is 0. The van der Waals surface area contributed by atoms with Gasteiger partial charge < -0.3 is 14.2 Å². The highest BCUT2D eigenvalue weighted by molar-refractivity contribution is 6.21. The van der Waals surface area contributed by atoms with Crippen LogP contribution in [0.5, 0.6) is 0 Å². The first-order chi connectivity index (χ1) is 12.7. The number of hydrogen-bond acceptors (Lipinski definition) is 5. The van der Waals surface area contributed by atoms with E-state index in [0.717, 1.165) is 5.56 Å². The molecule has 1 fully saturated rings. The van der Waals surface area contributed by atoms with E-state index in [4.69, 9.17) is 14.2 Å². The average Bonchev–Trinajstić information content (AvgIpc) is 2.94. The standard InChI is InChI=1S/C20H19NO5/c22-19-16-8-4-5-9-17(16)20(23)21(19)15-11-25-18(26-12-15)13-24-10-14-6-2-1-3-7-14/h1-9,15,18H,10-13H2. The van der Waals surface area contributed by atoms with Crippen LogP contribution in [0.4, 0.5) is 0 Å². The zero-order valence-electron chi connectivity index (χ0n) is 14.2. The highest BCUT2D eigenvalue weighted by atomic mass is 16.7. The summed E-state index contributed by atoms with van der Waals surface area (Å²) in [6, 6.07) is 16.3. The lowest BCUT2D eigenvalue weighted by atomic mass is 10.1. The van der Waals surface area contributed by atoms with Crippen LogP contribution in [-0.2, 0) is 20.8 Å². The number of nitrogens with zero attached hydrogens (tertiary/aromatic N) is 1. The van der Waals surface area contributed by atoms with E-state index in [-0.39, 0.29) is 25.0 Å². The minimum atomic E-state index is -0.495. The molecule has 2 amide bonds. The van der Waals surface area contributed by atoms with Gasteiger partial charge in [-0.05, 0) is 17.7 Å². The molecule has 1 saturated heterocycles.